The number of hydrogen-bond donors (Lipinski definition) is 2. The van der Waals surface area contributed by atoms with Crippen LogP contribution in [0.25, 0.3) is 6.08 Å². The lowest BCUT2D eigenvalue weighted by molar-refractivity contribution is -0.112. The highest BCUT2D eigenvalue weighted by Crippen LogP contribution is 2.15. The highest BCUT2D eigenvalue weighted by molar-refractivity contribution is 6.09. The second-order valence-electron chi connectivity index (χ2n) is 4.21. The summed E-state index contributed by atoms with van der Waals surface area (Å²) in [6.45, 7) is 0. The molecule has 0 atom stereocenters. The van der Waals surface area contributed by atoms with Crippen molar-refractivity contribution in [1.82, 2.24) is 4.57 Å². The summed E-state index contributed by atoms with van der Waals surface area (Å²) in [4.78, 5) is 12.0. The molecule has 1 aromatic heterocycles. The van der Waals surface area contributed by atoms with E-state index in [0.29, 0.717) is 5.69 Å². The Morgan fingerprint density at radius 1 is 1.35 bits per heavy atom. The fourth-order valence-corrected chi connectivity index (χ4v) is 1.66. The summed E-state index contributed by atoms with van der Waals surface area (Å²) in [5, 5.41) is 20.9. The lowest BCUT2D eigenvalue weighted by Gasteiger charge is -2.04. The van der Waals surface area contributed by atoms with Crippen LogP contribution in [0.4, 0.5) is 5.69 Å². The number of amides is 1. The first-order chi connectivity index (χ1) is 9.60. The predicted molar refractivity (Wildman–Crippen MR) is 75.7 cm³/mol. The number of benzene rings is 1. The zero-order valence-electron chi connectivity index (χ0n) is 10.9. The summed E-state index contributed by atoms with van der Waals surface area (Å²) in [6.07, 6.45) is 3.36. The van der Waals surface area contributed by atoms with Crippen LogP contribution in [0.5, 0.6) is 5.75 Å². The van der Waals surface area contributed by atoms with E-state index in [0.717, 1.165) is 5.69 Å². The molecule has 0 bridgehead atoms. The number of nitrogens with zero attached hydrogens (tertiary/aromatic N) is 2. The van der Waals surface area contributed by atoms with E-state index >= 15 is 0 Å². The number of phenols is 1. The molecule has 5 nitrogen and oxygen atoms in total. The van der Waals surface area contributed by atoms with Crippen LogP contribution >= 0.6 is 0 Å². The third-order valence-corrected chi connectivity index (χ3v) is 2.77. The molecule has 0 fully saturated rings. The van der Waals surface area contributed by atoms with Crippen LogP contribution < -0.4 is 5.32 Å². The van der Waals surface area contributed by atoms with Crippen molar-refractivity contribution < 1.29 is 9.90 Å². The highest BCUT2D eigenvalue weighted by atomic mass is 16.3. The van der Waals surface area contributed by atoms with Gasteiger partial charge in [0, 0.05) is 24.6 Å². The van der Waals surface area contributed by atoms with Crippen LogP contribution in [0.15, 0.2) is 48.2 Å². The molecule has 2 N–H and O–H groups in total. The minimum Gasteiger partial charge on any atom is -0.508 e. The van der Waals surface area contributed by atoms with E-state index in [1.54, 1.807) is 12.1 Å². The van der Waals surface area contributed by atoms with E-state index in [-0.39, 0.29) is 11.3 Å². The van der Waals surface area contributed by atoms with Crippen molar-refractivity contribution in [2.45, 2.75) is 0 Å². The van der Waals surface area contributed by atoms with Gasteiger partial charge in [0.25, 0.3) is 5.91 Å². The Labute approximate surface area is 116 Å². The van der Waals surface area contributed by atoms with Crippen LogP contribution in [0, 0.1) is 11.3 Å². The summed E-state index contributed by atoms with van der Waals surface area (Å²) in [7, 11) is 1.83. The Bertz CT molecular complexity index is 691. The molecule has 0 saturated carbocycles. The van der Waals surface area contributed by atoms with E-state index < -0.39 is 5.91 Å². The first-order valence-electron chi connectivity index (χ1n) is 5.93. The molecule has 20 heavy (non-hydrogen) atoms. The molecule has 1 heterocycles. The van der Waals surface area contributed by atoms with Crippen molar-refractivity contribution in [3.05, 3.63) is 53.9 Å². The monoisotopic (exact) mass is 267 g/mol. The van der Waals surface area contributed by atoms with Gasteiger partial charge in [0.15, 0.2) is 0 Å². The lowest BCUT2D eigenvalue weighted by atomic mass is 10.2. The van der Waals surface area contributed by atoms with Gasteiger partial charge in [-0.25, -0.2) is 0 Å². The van der Waals surface area contributed by atoms with Crippen molar-refractivity contribution in [2.24, 2.45) is 7.05 Å². The van der Waals surface area contributed by atoms with Gasteiger partial charge in [-0.15, -0.1) is 0 Å². The van der Waals surface area contributed by atoms with E-state index in [4.69, 9.17) is 10.4 Å². The summed E-state index contributed by atoms with van der Waals surface area (Å²) >= 11 is 0. The van der Waals surface area contributed by atoms with Gasteiger partial charge in [-0.3, -0.25) is 4.79 Å². The molecule has 0 saturated heterocycles. The van der Waals surface area contributed by atoms with Gasteiger partial charge in [-0.1, -0.05) is 0 Å². The number of nitriles is 1. The van der Waals surface area contributed by atoms with Crippen LogP contribution in [0.3, 0.4) is 0 Å². The summed E-state index contributed by atoms with van der Waals surface area (Å²) in [6, 6.07) is 11.6. The van der Waals surface area contributed by atoms with Crippen LogP contribution in [-0.4, -0.2) is 15.6 Å². The Hall–Kier alpha value is -3.00. The topological polar surface area (TPSA) is 78.0 Å². The number of rotatable bonds is 3. The van der Waals surface area contributed by atoms with Crippen molar-refractivity contribution >= 4 is 17.7 Å². The van der Waals surface area contributed by atoms with Crippen molar-refractivity contribution in [3.8, 4) is 11.8 Å². The molecule has 1 amide bonds. The molecule has 5 heteroatoms. The lowest BCUT2D eigenvalue weighted by Crippen LogP contribution is -2.13. The van der Waals surface area contributed by atoms with Crippen molar-refractivity contribution in [2.75, 3.05) is 5.32 Å². The zero-order chi connectivity index (χ0) is 14.5. The summed E-state index contributed by atoms with van der Waals surface area (Å²) in [5.74, 6) is -0.373. The Balaban J connectivity index is 2.18. The second kappa shape index (κ2) is 5.76. The Morgan fingerprint density at radius 2 is 2.05 bits per heavy atom. The first-order valence-corrected chi connectivity index (χ1v) is 5.93. The van der Waals surface area contributed by atoms with Crippen molar-refractivity contribution in [3.63, 3.8) is 0 Å². The van der Waals surface area contributed by atoms with Gasteiger partial charge in [0.05, 0.1) is 0 Å². The number of carbonyl (C=O) groups is 1. The second-order valence-corrected chi connectivity index (χ2v) is 4.21. The molecule has 0 aliphatic heterocycles. The number of phenolic OH excluding ortho intramolecular Hbond substituents is 1. The van der Waals surface area contributed by atoms with Crippen molar-refractivity contribution in [1.29, 1.82) is 5.26 Å². The minimum atomic E-state index is -0.487. The zero-order valence-corrected chi connectivity index (χ0v) is 10.9. The maximum atomic E-state index is 12.0. The van der Waals surface area contributed by atoms with Gasteiger partial charge < -0.3 is 15.0 Å². The third kappa shape index (κ3) is 3.06. The van der Waals surface area contributed by atoms with Gasteiger partial charge in [0.1, 0.15) is 17.4 Å². The van der Waals surface area contributed by atoms with E-state index in [1.165, 1.54) is 18.2 Å². The summed E-state index contributed by atoms with van der Waals surface area (Å²) in [5.41, 5.74) is 1.29. The predicted octanol–water partition coefficient (Wildman–Crippen LogP) is 2.28. The molecule has 2 rings (SSSR count). The third-order valence-electron chi connectivity index (χ3n) is 2.77. The van der Waals surface area contributed by atoms with E-state index in [2.05, 4.69) is 5.32 Å². The fourth-order valence-electron chi connectivity index (χ4n) is 1.66. The van der Waals surface area contributed by atoms with Gasteiger partial charge >= 0.3 is 0 Å². The van der Waals surface area contributed by atoms with Crippen LogP contribution in [0.2, 0.25) is 0 Å². The molecule has 0 spiro atoms. The number of hydrogen-bond acceptors (Lipinski definition) is 3. The average Bonchev–Trinajstić information content (AvgIpc) is 2.84. The van der Waals surface area contributed by atoms with Crippen LogP contribution in [0.1, 0.15) is 5.69 Å². The van der Waals surface area contributed by atoms with E-state index in [9.17, 15) is 4.79 Å². The molecule has 0 unspecified atom stereocenters. The number of anilines is 1. The molecule has 0 aliphatic rings. The van der Waals surface area contributed by atoms with Gasteiger partial charge in [-0.05, 0) is 42.5 Å². The highest BCUT2D eigenvalue weighted by Gasteiger charge is 2.10. The largest absolute Gasteiger partial charge is 0.508 e. The number of aryl methyl sites for hydroxylation is 1. The quantitative estimate of drug-likeness (QED) is 0.508. The number of nitrogens with one attached hydrogen (secondary N) is 1. The smallest absolute Gasteiger partial charge is 0.266 e. The Morgan fingerprint density at radius 3 is 2.60 bits per heavy atom. The normalized spacial score (nSPS) is 10.9. The molecule has 1 aromatic carbocycles. The summed E-state index contributed by atoms with van der Waals surface area (Å²) < 4.78 is 1.81. The fraction of sp³-hybridized carbons (Fsp3) is 0.0667. The molecule has 2 aromatic rings. The SMILES string of the molecule is Cn1cccc1C=C(C#N)C(=O)Nc1ccc(O)cc1. The van der Waals surface area contributed by atoms with Gasteiger partial charge in [-0.2, -0.15) is 5.26 Å². The number of carbonyl (C=O) groups excluding carboxylic acids is 1. The number of aromatic nitrogens is 1. The maximum absolute atomic E-state index is 12.0. The average molecular weight is 267 g/mol. The number of aromatic hydroxyl groups is 1. The molecular weight excluding hydrogens is 254 g/mol. The molecule has 0 radical (unpaired) electrons. The maximum Gasteiger partial charge on any atom is 0.266 e. The van der Waals surface area contributed by atoms with Gasteiger partial charge in [0.2, 0.25) is 0 Å². The minimum absolute atomic E-state index is 0.0138. The Kier molecular flexibility index (Phi) is 3.87. The standard InChI is InChI=1S/C15H13N3O2/c1-18-8-2-3-13(18)9-11(10-16)15(20)17-12-4-6-14(19)7-5-12/h2-9,19H,1H3,(H,17,20). The molecule has 100 valence electrons. The van der Waals surface area contributed by atoms with E-state index in [1.807, 2.05) is 36.0 Å². The first kappa shape index (κ1) is 13.4. The molecule has 0 aliphatic carbocycles. The van der Waals surface area contributed by atoms with Crippen LogP contribution in [-0.2, 0) is 11.8 Å². The molecular formula is C15H13N3O2.